The first-order valence-electron chi connectivity index (χ1n) is 10.7. The molecule has 0 saturated carbocycles. The highest BCUT2D eigenvalue weighted by Gasteiger charge is 2.23. The molecule has 3 heterocycles. The number of pyridine rings is 1. The third-order valence-corrected chi connectivity index (χ3v) is 6.59. The highest BCUT2D eigenvalue weighted by molar-refractivity contribution is 7.21. The molecule has 0 atom stereocenters. The Balaban J connectivity index is 1.55. The lowest BCUT2D eigenvalue weighted by molar-refractivity contribution is 0.0959. The van der Waals surface area contributed by atoms with Gasteiger partial charge in [-0.15, -0.1) is 11.3 Å². The van der Waals surface area contributed by atoms with Crippen molar-refractivity contribution in [2.24, 2.45) is 5.10 Å². The van der Waals surface area contributed by atoms with Gasteiger partial charge in [-0.2, -0.15) is 5.10 Å². The summed E-state index contributed by atoms with van der Waals surface area (Å²) in [6.07, 6.45) is 5.26. The van der Waals surface area contributed by atoms with E-state index in [1.54, 1.807) is 13.2 Å². The molecule has 5 rings (SSSR count). The van der Waals surface area contributed by atoms with Gasteiger partial charge in [0.15, 0.2) is 0 Å². The number of hydrogen-bond acceptors (Lipinski definition) is 6. The predicted molar refractivity (Wildman–Crippen MR) is 135 cm³/mol. The van der Waals surface area contributed by atoms with Gasteiger partial charge in [-0.25, -0.2) is 10.4 Å². The zero-order chi connectivity index (χ0) is 23.7. The van der Waals surface area contributed by atoms with Crippen molar-refractivity contribution in [2.75, 3.05) is 7.11 Å². The summed E-state index contributed by atoms with van der Waals surface area (Å²) in [6, 6.07) is 16.9. The Morgan fingerprint density at radius 1 is 1.21 bits per heavy atom. The third-order valence-electron chi connectivity index (χ3n) is 5.52. The lowest BCUT2D eigenvalue weighted by atomic mass is 10.0. The molecule has 2 aromatic carbocycles. The number of nitrogens with zero attached hydrogens (tertiary/aromatic N) is 3. The molecule has 5 aromatic rings. The first-order valence-corrected chi connectivity index (χ1v) is 11.5. The summed E-state index contributed by atoms with van der Waals surface area (Å²) in [5.41, 5.74) is 5.73. The fraction of sp³-hybridized carbons (Fsp3) is 0.115. The number of ether oxygens (including phenoxy) is 1. The van der Waals surface area contributed by atoms with Crippen LogP contribution in [0, 0.1) is 6.92 Å². The maximum absolute atomic E-state index is 13.3. The number of amides is 1. The van der Waals surface area contributed by atoms with Crippen LogP contribution >= 0.6 is 11.3 Å². The van der Waals surface area contributed by atoms with Crippen LogP contribution < -0.4 is 5.43 Å². The van der Waals surface area contributed by atoms with Crippen molar-refractivity contribution in [2.45, 2.75) is 13.5 Å². The highest BCUT2D eigenvalue weighted by atomic mass is 32.1. The van der Waals surface area contributed by atoms with E-state index in [4.69, 9.17) is 4.74 Å². The Labute approximate surface area is 199 Å². The number of phenolic OH excluding ortho intramolecular Hbond substituents is 1. The van der Waals surface area contributed by atoms with E-state index < -0.39 is 0 Å². The van der Waals surface area contributed by atoms with Gasteiger partial charge in [0.25, 0.3) is 5.91 Å². The zero-order valence-corrected chi connectivity index (χ0v) is 19.5. The number of hydrogen-bond donors (Lipinski definition) is 2. The van der Waals surface area contributed by atoms with E-state index in [2.05, 4.69) is 15.5 Å². The Morgan fingerprint density at radius 3 is 2.79 bits per heavy atom. The van der Waals surface area contributed by atoms with Crippen LogP contribution in [0.25, 0.3) is 26.7 Å². The molecule has 0 radical (unpaired) electrons. The molecular weight excluding hydrogens is 448 g/mol. The molecule has 3 aromatic heterocycles. The molecule has 0 aliphatic carbocycles. The maximum atomic E-state index is 13.3. The Kier molecular flexibility index (Phi) is 5.83. The van der Waals surface area contributed by atoms with Gasteiger partial charge >= 0.3 is 0 Å². The minimum absolute atomic E-state index is 0.0930. The fourth-order valence-electron chi connectivity index (χ4n) is 4.07. The van der Waals surface area contributed by atoms with E-state index in [9.17, 15) is 9.90 Å². The van der Waals surface area contributed by atoms with Crippen LogP contribution in [0.3, 0.4) is 0 Å². The Hall–Kier alpha value is -4.01. The number of phenols is 1. The van der Waals surface area contributed by atoms with E-state index in [1.807, 2.05) is 72.4 Å². The van der Waals surface area contributed by atoms with Crippen LogP contribution in [-0.4, -0.2) is 33.9 Å². The SMILES string of the molecule is COCc1cc(C)nc2sc(C(=O)N/N=C\c3c(O)ccc4ccccc34)c(-n3cccc3)c12. The van der Waals surface area contributed by atoms with Crippen molar-refractivity contribution in [1.29, 1.82) is 0 Å². The first-order chi connectivity index (χ1) is 16.6. The van der Waals surface area contributed by atoms with Crippen LogP contribution in [-0.2, 0) is 11.3 Å². The molecule has 8 heteroatoms. The van der Waals surface area contributed by atoms with E-state index in [1.165, 1.54) is 17.6 Å². The summed E-state index contributed by atoms with van der Waals surface area (Å²) in [4.78, 5) is 19.2. The number of rotatable bonds is 6. The number of carbonyl (C=O) groups is 1. The fourth-order valence-corrected chi connectivity index (χ4v) is 5.23. The predicted octanol–water partition coefficient (Wildman–Crippen LogP) is 5.16. The molecule has 0 unspecified atom stereocenters. The minimum Gasteiger partial charge on any atom is -0.507 e. The molecule has 0 aliphatic rings. The van der Waals surface area contributed by atoms with E-state index in [-0.39, 0.29) is 11.7 Å². The Morgan fingerprint density at radius 2 is 2.00 bits per heavy atom. The number of aromatic nitrogens is 2. The second-order valence-electron chi connectivity index (χ2n) is 7.82. The van der Waals surface area contributed by atoms with Gasteiger partial charge in [-0.3, -0.25) is 4.79 Å². The molecule has 1 amide bonds. The van der Waals surface area contributed by atoms with Gasteiger partial charge in [0.1, 0.15) is 15.5 Å². The van der Waals surface area contributed by atoms with Crippen molar-refractivity contribution in [3.8, 4) is 11.4 Å². The number of thiophene rings is 1. The second kappa shape index (κ2) is 9.09. The largest absolute Gasteiger partial charge is 0.507 e. The summed E-state index contributed by atoms with van der Waals surface area (Å²) in [6.45, 7) is 2.33. The lowest BCUT2D eigenvalue weighted by Crippen LogP contribution is -2.18. The molecule has 0 bridgehead atoms. The van der Waals surface area contributed by atoms with Gasteiger partial charge in [0, 0.05) is 36.1 Å². The summed E-state index contributed by atoms with van der Waals surface area (Å²) < 4.78 is 7.32. The summed E-state index contributed by atoms with van der Waals surface area (Å²) >= 11 is 1.31. The van der Waals surface area contributed by atoms with Crippen LogP contribution in [0.15, 0.2) is 72.1 Å². The highest BCUT2D eigenvalue weighted by Crippen LogP contribution is 2.36. The average Bonchev–Trinajstić information content (AvgIpc) is 3.48. The maximum Gasteiger partial charge on any atom is 0.283 e. The number of nitrogens with one attached hydrogen (secondary N) is 1. The van der Waals surface area contributed by atoms with Crippen molar-refractivity contribution < 1.29 is 14.6 Å². The summed E-state index contributed by atoms with van der Waals surface area (Å²) in [7, 11) is 1.65. The van der Waals surface area contributed by atoms with Gasteiger partial charge in [0.05, 0.1) is 18.5 Å². The minimum atomic E-state index is -0.358. The topological polar surface area (TPSA) is 88.7 Å². The molecule has 2 N–H and O–H groups in total. The van der Waals surface area contributed by atoms with Crippen molar-refractivity contribution in [1.82, 2.24) is 15.0 Å². The number of benzene rings is 2. The van der Waals surface area contributed by atoms with Gasteiger partial charge in [-0.1, -0.05) is 30.3 Å². The average molecular weight is 471 g/mol. The molecular formula is C26H22N4O3S. The molecule has 0 aliphatic heterocycles. The molecule has 0 saturated heterocycles. The quantitative estimate of drug-likeness (QED) is 0.265. The van der Waals surface area contributed by atoms with E-state index in [0.29, 0.717) is 17.0 Å². The van der Waals surface area contributed by atoms with Crippen molar-refractivity contribution in [3.05, 3.63) is 88.7 Å². The van der Waals surface area contributed by atoms with Gasteiger partial charge in [0.2, 0.25) is 0 Å². The number of aromatic hydroxyl groups is 1. The number of aryl methyl sites for hydroxylation is 1. The van der Waals surface area contributed by atoms with Crippen molar-refractivity contribution in [3.63, 3.8) is 0 Å². The normalized spacial score (nSPS) is 11.6. The Bertz CT molecular complexity index is 1540. The number of hydrazone groups is 1. The molecule has 34 heavy (non-hydrogen) atoms. The van der Waals surface area contributed by atoms with E-state index in [0.717, 1.165) is 37.9 Å². The van der Waals surface area contributed by atoms with Gasteiger partial charge < -0.3 is 14.4 Å². The van der Waals surface area contributed by atoms with Gasteiger partial charge in [-0.05, 0) is 47.5 Å². The monoisotopic (exact) mass is 470 g/mol. The lowest BCUT2D eigenvalue weighted by Gasteiger charge is -2.09. The first kappa shape index (κ1) is 21.8. The van der Waals surface area contributed by atoms with E-state index >= 15 is 0 Å². The smallest absolute Gasteiger partial charge is 0.283 e. The van der Waals surface area contributed by atoms with Crippen molar-refractivity contribution >= 4 is 44.4 Å². The summed E-state index contributed by atoms with van der Waals surface area (Å²) in [5.74, 6) is -0.265. The zero-order valence-electron chi connectivity index (χ0n) is 18.6. The molecule has 7 nitrogen and oxygen atoms in total. The molecule has 0 fully saturated rings. The molecule has 0 spiro atoms. The van der Waals surface area contributed by atoms with Crippen LogP contribution in [0.5, 0.6) is 5.75 Å². The third kappa shape index (κ3) is 3.93. The summed E-state index contributed by atoms with van der Waals surface area (Å²) in [5, 5.41) is 17.2. The number of carbonyl (C=O) groups excluding carboxylic acids is 1. The standard InChI is InChI=1S/C26H22N4O3S/c1-16-13-18(15-33-2)22-23(30-11-5-6-12-30)24(34-26(22)28-16)25(32)29-27-14-20-19-8-4-3-7-17(19)9-10-21(20)31/h3-14,31H,15H2,1-2H3,(H,29,32)/b27-14-. The van der Waals surface area contributed by atoms with Crippen LogP contribution in [0.2, 0.25) is 0 Å². The molecule has 170 valence electrons. The van der Waals surface area contributed by atoms with Crippen LogP contribution in [0.4, 0.5) is 0 Å². The van der Waals surface area contributed by atoms with Crippen LogP contribution in [0.1, 0.15) is 26.5 Å². The second-order valence-corrected chi connectivity index (χ2v) is 8.82. The number of methoxy groups -OCH3 is 1. The number of fused-ring (bicyclic) bond motifs is 2.